The summed E-state index contributed by atoms with van der Waals surface area (Å²) in [7, 11) is -2.12. The maximum absolute atomic E-state index is 12.8. The van der Waals surface area contributed by atoms with Crippen LogP contribution < -0.4 is 10.3 Å². The summed E-state index contributed by atoms with van der Waals surface area (Å²) in [6.45, 7) is 1.86. The van der Waals surface area contributed by atoms with Crippen molar-refractivity contribution in [3.05, 3.63) is 73.7 Å². The molecule has 3 rings (SSSR count). The predicted octanol–water partition coefficient (Wildman–Crippen LogP) is 3.69. The lowest BCUT2D eigenvalue weighted by atomic mass is 10.1. The van der Waals surface area contributed by atoms with Crippen LogP contribution in [0.5, 0.6) is 0 Å². The normalized spacial score (nSPS) is 11.6. The first kappa shape index (κ1) is 23.2. The van der Waals surface area contributed by atoms with Crippen LogP contribution in [0.25, 0.3) is 10.9 Å². The van der Waals surface area contributed by atoms with Gasteiger partial charge in [-0.05, 0) is 42.3 Å². The highest BCUT2D eigenvalue weighted by Crippen LogP contribution is 2.23. The molecular weight excluding hydrogens is 461 g/mol. The Bertz CT molecular complexity index is 1320. The third kappa shape index (κ3) is 5.44. The molecule has 10 heteroatoms. The molecule has 31 heavy (non-hydrogen) atoms. The lowest BCUT2D eigenvalue weighted by molar-refractivity contribution is 0.0981. The van der Waals surface area contributed by atoms with Gasteiger partial charge in [-0.1, -0.05) is 42.6 Å². The number of hydrogen-bond acceptors (Lipinski definition) is 5. The number of benzene rings is 2. The van der Waals surface area contributed by atoms with Crippen molar-refractivity contribution in [2.75, 3.05) is 5.75 Å². The van der Waals surface area contributed by atoms with Crippen molar-refractivity contribution in [1.82, 2.24) is 14.3 Å². The van der Waals surface area contributed by atoms with Crippen molar-refractivity contribution in [1.29, 1.82) is 0 Å². The molecule has 0 radical (unpaired) electrons. The summed E-state index contributed by atoms with van der Waals surface area (Å²) in [6.07, 6.45) is 1.42. The molecule has 0 aliphatic carbocycles. The van der Waals surface area contributed by atoms with E-state index >= 15 is 0 Å². The highest BCUT2D eigenvalue weighted by molar-refractivity contribution is 7.90. The maximum Gasteiger partial charge on any atom is 0.264 e. The highest BCUT2D eigenvalue weighted by Gasteiger charge is 2.17. The number of fused-ring (bicyclic) bond motifs is 1. The Hall–Kier alpha value is -2.42. The number of amides is 1. The minimum atomic E-state index is -3.73. The second-order valence-electron chi connectivity index (χ2n) is 7.14. The van der Waals surface area contributed by atoms with E-state index < -0.39 is 15.9 Å². The van der Waals surface area contributed by atoms with Crippen LogP contribution in [0, 0.1) is 0 Å². The van der Waals surface area contributed by atoms with E-state index in [0.29, 0.717) is 39.6 Å². The first-order chi connectivity index (χ1) is 14.6. The second kappa shape index (κ2) is 9.38. The molecule has 0 saturated carbocycles. The zero-order valence-corrected chi connectivity index (χ0v) is 19.3. The molecule has 7 nitrogen and oxygen atoms in total. The zero-order chi connectivity index (χ0) is 22.8. The Balaban J connectivity index is 1.97. The Morgan fingerprint density at radius 3 is 2.58 bits per heavy atom. The third-order valence-corrected chi connectivity index (χ3v) is 6.72. The quantitative estimate of drug-likeness (QED) is 0.554. The summed E-state index contributed by atoms with van der Waals surface area (Å²) in [5, 5.41) is 1.27. The van der Waals surface area contributed by atoms with Crippen LogP contribution in [0.15, 0.2) is 41.2 Å². The number of carbonyl (C=O) groups excluding carboxylic acids is 1. The van der Waals surface area contributed by atoms with Gasteiger partial charge in [-0.3, -0.25) is 14.2 Å². The van der Waals surface area contributed by atoms with Crippen LogP contribution in [0.3, 0.4) is 0 Å². The van der Waals surface area contributed by atoms with E-state index in [0.717, 1.165) is 5.56 Å². The molecule has 3 aromatic rings. The van der Waals surface area contributed by atoms with Gasteiger partial charge >= 0.3 is 0 Å². The van der Waals surface area contributed by atoms with Crippen molar-refractivity contribution in [3.63, 3.8) is 0 Å². The van der Waals surface area contributed by atoms with Gasteiger partial charge in [-0.25, -0.2) is 18.1 Å². The molecule has 1 N–H and O–H groups in total. The van der Waals surface area contributed by atoms with E-state index in [-0.39, 0.29) is 23.3 Å². The van der Waals surface area contributed by atoms with Crippen LogP contribution in [-0.2, 0) is 23.5 Å². The molecule has 1 heterocycles. The summed E-state index contributed by atoms with van der Waals surface area (Å²) in [5.41, 5.74) is 0.849. The number of hydrogen-bond donors (Lipinski definition) is 1. The highest BCUT2D eigenvalue weighted by atomic mass is 35.5. The molecule has 1 aromatic heterocycles. The summed E-state index contributed by atoms with van der Waals surface area (Å²) < 4.78 is 27.5. The number of halogens is 2. The molecule has 1 amide bonds. The van der Waals surface area contributed by atoms with E-state index in [4.69, 9.17) is 23.2 Å². The van der Waals surface area contributed by atoms with Crippen LogP contribution in [0.2, 0.25) is 10.0 Å². The fraction of sp³-hybridized carbons (Fsp3) is 0.286. The molecule has 0 saturated heterocycles. The topological polar surface area (TPSA) is 98.1 Å². The third-order valence-electron chi connectivity index (χ3n) is 4.81. The number of sulfonamides is 1. The monoisotopic (exact) mass is 481 g/mol. The fourth-order valence-electron chi connectivity index (χ4n) is 3.04. The van der Waals surface area contributed by atoms with Gasteiger partial charge < -0.3 is 0 Å². The van der Waals surface area contributed by atoms with Gasteiger partial charge in [0.1, 0.15) is 5.82 Å². The Labute approximate surface area is 190 Å². The number of nitrogens with zero attached hydrogens (tertiary/aromatic N) is 2. The Kier molecular flexibility index (Phi) is 7.03. The van der Waals surface area contributed by atoms with Crippen LogP contribution in [-0.4, -0.2) is 29.6 Å². The summed E-state index contributed by atoms with van der Waals surface area (Å²) >= 11 is 12.2. The number of rotatable bonds is 7. The van der Waals surface area contributed by atoms with Crippen LogP contribution in [0.1, 0.15) is 41.5 Å². The molecule has 0 bridgehead atoms. The minimum absolute atomic E-state index is 0.101. The van der Waals surface area contributed by atoms with Gasteiger partial charge in [0.05, 0.1) is 16.7 Å². The molecule has 2 aromatic carbocycles. The number of carbonyl (C=O) groups is 1. The van der Waals surface area contributed by atoms with Crippen LogP contribution >= 0.6 is 23.2 Å². The zero-order valence-electron chi connectivity index (χ0n) is 17.0. The fourth-order valence-corrected chi connectivity index (χ4v) is 4.68. The first-order valence-electron chi connectivity index (χ1n) is 9.59. The Morgan fingerprint density at radius 2 is 1.90 bits per heavy atom. The van der Waals surface area contributed by atoms with Gasteiger partial charge in [0, 0.05) is 29.1 Å². The second-order valence-corrected chi connectivity index (χ2v) is 9.83. The molecular formula is C21H21Cl2N3O4S. The maximum atomic E-state index is 12.8. The van der Waals surface area contributed by atoms with E-state index in [2.05, 4.69) is 9.71 Å². The molecule has 0 aliphatic rings. The average Bonchev–Trinajstić information content (AvgIpc) is 2.71. The minimum Gasteiger partial charge on any atom is -0.299 e. The van der Waals surface area contributed by atoms with E-state index in [1.54, 1.807) is 25.2 Å². The van der Waals surface area contributed by atoms with Crippen molar-refractivity contribution >= 4 is 50.0 Å². The largest absolute Gasteiger partial charge is 0.299 e. The van der Waals surface area contributed by atoms with Gasteiger partial charge in [0.2, 0.25) is 10.0 Å². The predicted molar refractivity (Wildman–Crippen MR) is 122 cm³/mol. The number of nitrogens with one attached hydrogen (secondary N) is 1. The van der Waals surface area contributed by atoms with Gasteiger partial charge in [-0.15, -0.1) is 0 Å². The van der Waals surface area contributed by atoms with Crippen molar-refractivity contribution < 1.29 is 13.2 Å². The van der Waals surface area contributed by atoms with E-state index in [1.807, 2.05) is 6.92 Å². The van der Waals surface area contributed by atoms with Crippen molar-refractivity contribution in [2.45, 2.75) is 26.2 Å². The smallest absolute Gasteiger partial charge is 0.264 e. The average molecular weight is 482 g/mol. The van der Waals surface area contributed by atoms with Crippen LogP contribution in [0.4, 0.5) is 0 Å². The van der Waals surface area contributed by atoms with E-state index in [9.17, 15) is 18.0 Å². The summed E-state index contributed by atoms with van der Waals surface area (Å²) in [4.78, 5) is 29.7. The molecule has 0 spiro atoms. The molecule has 0 atom stereocenters. The lowest BCUT2D eigenvalue weighted by Gasteiger charge is -2.11. The molecule has 0 fully saturated rings. The summed E-state index contributed by atoms with van der Waals surface area (Å²) in [5.74, 6) is -0.453. The van der Waals surface area contributed by atoms with Gasteiger partial charge in [0.25, 0.3) is 11.5 Å². The van der Waals surface area contributed by atoms with E-state index in [1.165, 1.54) is 22.8 Å². The van der Waals surface area contributed by atoms with Crippen molar-refractivity contribution in [3.8, 4) is 0 Å². The number of unbranched alkanes of at least 4 members (excludes halogenated alkanes) is 1. The SMILES string of the molecule is CCCCS(=O)(=O)NC(=O)c1ccc2c(=O)n(C)c(Cc3ccc(Cl)cc3Cl)nc2c1. The Morgan fingerprint density at radius 1 is 1.16 bits per heavy atom. The lowest BCUT2D eigenvalue weighted by Crippen LogP contribution is -2.32. The molecule has 0 aliphatic heterocycles. The van der Waals surface area contributed by atoms with Gasteiger partial charge in [-0.2, -0.15) is 0 Å². The van der Waals surface area contributed by atoms with Gasteiger partial charge in [0.15, 0.2) is 0 Å². The summed E-state index contributed by atoms with van der Waals surface area (Å²) in [6, 6.07) is 9.35. The standard InChI is InChI=1S/C21H21Cl2N3O4S/c1-3-4-9-31(29,30)25-20(27)14-6-8-16-18(10-14)24-19(26(2)21(16)28)11-13-5-7-15(22)12-17(13)23/h5-8,10,12H,3-4,9,11H2,1-2H3,(H,25,27). The molecule has 0 unspecified atom stereocenters. The number of aromatic nitrogens is 2. The first-order valence-corrected chi connectivity index (χ1v) is 12.0. The molecule has 164 valence electrons. The van der Waals surface area contributed by atoms with Crippen molar-refractivity contribution in [2.24, 2.45) is 7.05 Å².